The first-order chi connectivity index (χ1) is 6.29. The Morgan fingerprint density at radius 3 is 2.08 bits per heavy atom. The van der Waals surface area contributed by atoms with E-state index in [1.165, 1.54) is 0 Å². The van der Waals surface area contributed by atoms with Crippen LogP contribution in [0.1, 0.15) is 19.3 Å². The third-order valence-electron chi connectivity index (χ3n) is 2.46. The molecule has 1 saturated heterocycles. The van der Waals surface area contributed by atoms with E-state index in [0.29, 0.717) is 32.5 Å². The van der Waals surface area contributed by atoms with Crippen molar-refractivity contribution in [2.24, 2.45) is 5.92 Å². The lowest BCUT2D eigenvalue weighted by Crippen LogP contribution is -2.38. The van der Waals surface area contributed by atoms with Gasteiger partial charge in [0.15, 0.2) is 6.29 Å². The summed E-state index contributed by atoms with van der Waals surface area (Å²) >= 11 is 0. The summed E-state index contributed by atoms with van der Waals surface area (Å²) in [5.74, 6) is -0.692. The number of rotatable bonds is 1. The molecule has 0 unspecified atom stereocenters. The molecular formula is C9H12O4. The Bertz CT molecular complexity index is 214. The Balaban J connectivity index is 2.08. The molecule has 72 valence electrons. The fraction of sp³-hybridized carbons (Fsp3) is 0.778. The molecule has 0 N–H and O–H groups in total. The molecule has 1 aliphatic carbocycles. The van der Waals surface area contributed by atoms with Gasteiger partial charge in [-0.25, -0.2) is 0 Å². The molecule has 1 heterocycles. The Morgan fingerprint density at radius 1 is 1.00 bits per heavy atom. The van der Waals surface area contributed by atoms with Crippen LogP contribution in [0.15, 0.2) is 0 Å². The minimum atomic E-state index is -0.642. The molecule has 0 aromatic heterocycles. The maximum absolute atomic E-state index is 11.4. The number of hydrogen-bond acceptors (Lipinski definition) is 4. The van der Waals surface area contributed by atoms with Gasteiger partial charge in [-0.05, 0) is 6.42 Å². The number of carbonyl (C=O) groups is 2. The molecule has 1 aliphatic heterocycles. The number of ether oxygens (including phenoxy) is 2. The second-order valence-electron chi connectivity index (χ2n) is 3.37. The molecule has 2 aliphatic rings. The van der Waals surface area contributed by atoms with Crippen LogP contribution in [0.25, 0.3) is 0 Å². The molecule has 13 heavy (non-hydrogen) atoms. The van der Waals surface area contributed by atoms with Crippen molar-refractivity contribution >= 4 is 11.6 Å². The third kappa shape index (κ3) is 1.64. The smallest absolute Gasteiger partial charge is 0.174 e. The second kappa shape index (κ2) is 3.55. The molecule has 0 aromatic carbocycles. The topological polar surface area (TPSA) is 52.6 Å². The monoisotopic (exact) mass is 184 g/mol. The van der Waals surface area contributed by atoms with Crippen molar-refractivity contribution in [1.82, 2.24) is 0 Å². The summed E-state index contributed by atoms with van der Waals surface area (Å²) in [4.78, 5) is 22.8. The standard InChI is InChI=1S/C9H12O4/c10-6-2-1-3-7(11)8(6)9-12-4-5-13-9/h8-9H,1-5H2. The summed E-state index contributed by atoms with van der Waals surface area (Å²) < 4.78 is 10.3. The third-order valence-corrected chi connectivity index (χ3v) is 2.46. The minimum absolute atomic E-state index is 0.0249. The highest BCUT2D eigenvalue weighted by Gasteiger charge is 2.39. The second-order valence-corrected chi connectivity index (χ2v) is 3.37. The van der Waals surface area contributed by atoms with Crippen molar-refractivity contribution < 1.29 is 19.1 Å². The van der Waals surface area contributed by atoms with E-state index in [2.05, 4.69) is 0 Å². The summed E-state index contributed by atoms with van der Waals surface area (Å²) in [6.45, 7) is 0.976. The SMILES string of the molecule is O=C1CCCC(=O)C1C1OCCO1. The largest absolute Gasteiger partial charge is 0.349 e. The van der Waals surface area contributed by atoms with E-state index in [9.17, 15) is 9.59 Å². The zero-order valence-electron chi connectivity index (χ0n) is 7.32. The molecule has 2 rings (SSSR count). The van der Waals surface area contributed by atoms with Crippen molar-refractivity contribution in [3.63, 3.8) is 0 Å². The summed E-state index contributed by atoms with van der Waals surface area (Å²) in [6, 6.07) is 0. The lowest BCUT2D eigenvalue weighted by atomic mass is 9.86. The predicted octanol–water partition coefficient (Wildman–Crippen LogP) is 0.298. The van der Waals surface area contributed by atoms with Gasteiger partial charge in [0.25, 0.3) is 0 Å². The lowest BCUT2D eigenvalue weighted by molar-refractivity contribution is -0.153. The van der Waals surface area contributed by atoms with Crippen molar-refractivity contribution in [2.75, 3.05) is 13.2 Å². The average Bonchev–Trinajstić information content (AvgIpc) is 2.57. The number of hydrogen-bond donors (Lipinski definition) is 0. The van der Waals surface area contributed by atoms with Gasteiger partial charge >= 0.3 is 0 Å². The molecule has 2 fully saturated rings. The van der Waals surface area contributed by atoms with Gasteiger partial charge in [-0.2, -0.15) is 0 Å². The molecule has 4 nitrogen and oxygen atoms in total. The molecule has 4 heteroatoms. The van der Waals surface area contributed by atoms with Gasteiger partial charge in [0.05, 0.1) is 13.2 Å². The Morgan fingerprint density at radius 2 is 1.54 bits per heavy atom. The van der Waals surface area contributed by atoms with Crippen LogP contribution in [0.2, 0.25) is 0 Å². The van der Waals surface area contributed by atoms with E-state index in [1.54, 1.807) is 0 Å². The maximum atomic E-state index is 11.4. The summed E-state index contributed by atoms with van der Waals surface area (Å²) in [7, 11) is 0. The molecule has 0 bridgehead atoms. The maximum Gasteiger partial charge on any atom is 0.174 e. The van der Waals surface area contributed by atoms with Crippen molar-refractivity contribution in [3.05, 3.63) is 0 Å². The van der Waals surface area contributed by atoms with Gasteiger partial charge in [-0.15, -0.1) is 0 Å². The van der Waals surface area contributed by atoms with E-state index in [0.717, 1.165) is 0 Å². The molecule has 0 aromatic rings. The first-order valence-corrected chi connectivity index (χ1v) is 4.57. The van der Waals surface area contributed by atoms with Crippen LogP contribution in [0.4, 0.5) is 0 Å². The van der Waals surface area contributed by atoms with E-state index >= 15 is 0 Å². The molecule has 0 amide bonds. The Kier molecular flexibility index (Phi) is 2.42. The van der Waals surface area contributed by atoms with E-state index in [1.807, 2.05) is 0 Å². The van der Waals surface area contributed by atoms with E-state index in [-0.39, 0.29) is 11.6 Å². The highest BCUT2D eigenvalue weighted by Crippen LogP contribution is 2.24. The predicted molar refractivity (Wildman–Crippen MR) is 43.0 cm³/mol. The minimum Gasteiger partial charge on any atom is -0.349 e. The van der Waals surface area contributed by atoms with Crippen LogP contribution in [0, 0.1) is 5.92 Å². The van der Waals surface area contributed by atoms with Crippen LogP contribution >= 0.6 is 0 Å². The van der Waals surface area contributed by atoms with Crippen LogP contribution in [-0.4, -0.2) is 31.1 Å². The average molecular weight is 184 g/mol. The molecule has 0 radical (unpaired) electrons. The van der Waals surface area contributed by atoms with Crippen molar-refractivity contribution in [2.45, 2.75) is 25.6 Å². The quantitative estimate of drug-likeness (QED) is 0.550. The van der Waals surface area contributed by atoms with E-state index < -0.39 is 12.2 Å². The van der Waals surface area contributed by atoms with Gasteiger partial charge in [-0.1, -0.05) is 0 Å². The molecule has 0 spiro atoms. The van der Waals surface area contributed by atoms with Crippen LogP contribution in [-0.2, 0) is 19.1 Å². The highest BCUT2D eigenvalue weighted by atomic mass is 16.7. The fourth-order valence-electron chi connectivity index (χ4n) is 1.80. The first-order valence-electron chi connectivity index (χ1n) is 4.57. The van der Waals surface area contributed by atoms with Gasteiger partial charge in [0.2, 0.25) is 0 Å². The van der Waals surface area contributed by atoms with Gasteiger partial charge in [-0.3, -0.25) is 9.59 Å². The lowest BCUT2D eigenvalue weighted by Gasteiger charge is -2.23. The normalized spacial score (nSPS) is 27.1. The van der Waals surface area contributed by atoms with Crippen LogP contribution in [0.3, 0.4) is 0 Å². The molecular weight excluding hydrogens is 172 g/mol. The van der Waals surface area contributed by atoms with Crippen LogP contribution in [0.5, 0.6) is 0 Å². The number of carbonyl (C=O) groups excluding carboxylic acids is 2. The Hall–Kier alpha value is -0.740. The zero-order chi connectivity index (χ0) is 9.26. The van der Waals surface area contributed by atoms with Gasteiger partial charge < -0.3 is 9.47 Å². The number of Topliss-reactive ketones (excluding diaryl/α,β-unsaturated/α-hetero) is 2. The summed E-state index contributed by atoms with van der Waals surface area (Å²) in [5.41, 5.74) is 0. The number of ketones is 2. The molecule has 0 atom stereocenters. The van der Waals surface area contributed by atoms with Gasteiger partial charge in [0.1, 0.15) is 17.5 Å². The summed E-state index contributed by atoms with van der Waals surface area (Å²) in [5, 5.41) is 0. The fourth-order valence-corrected chi connectivity index (χ4v) is 1.80. The highest BCUT2D eigenvalue weighted by molar-refractivity contribution is 6.04. The van der Waals surface area contributed by atoms with Crippen molar-refractivity contribution in [1.29, 1.82) is 0 Å². The zero-order valence-corrected chi connectivity index (χ0v) is 7.32. The summed E-state index contributed by atoms with van der Waals surface area (Å²) in [6.07, 6.45) is 1.06. The Labute approximate surface area is 76.2 Å². The van der Waals surface area contributed by atoms with Gasteiger partial charge in [0, 0.05) is 12.8 Å². The first kappa shape index (κ1) is 8.84. The van der Waals surface area contributed by atoms with Crippen molar-refractivity contribution in [3.8, 4) is 0 Å². The van der Waals surface area contributed by atoms with E-state index in [4.69, 9.17) is 9.47 Å². The molecule has 1 saturated carbocycles. The van der Waals surface area contributed by atoms with Crippen LogP contribution < -0.4 is 0 Å².